The third kappa shape index (κ3) is 4.93. The quantitative estimate of drug-likeness (QED) is 0.614. The van der Waals surface area contributed by atoms with Crippen LogP contribution >= 0.6 is 12.4 Å². The Kier molecular flexibility index (Phi) is 6.72. The van der Waals surface area contributed by atoms with Crippen molar-refractivity contribution in [1.29, 1.82) is 0 Å². The third-order valence-electron chi connectivity index (χ3n) is 4.39. The van der Waals surface area contributed by atoms with Crippen molar-refractivity contribution in [2.24, 2.45) is 0 Å². The van der Waals surface area contributed by atoms with E-state index in [1.165, 1.54) is 0 Å². The summed E-state index contributed by atoms with van der Waals surface area (Å²) in [6.07, 6.45) is 4.98. The zero-order chi connectivity index (χ0) is 18.5. The van der Waals surface area contributed by atoms with Crippen LogP contribution < -0.4 is 10.6 Å². The Bertz CT molecular complexity index is 886. The monoisotopic (exact) mass is 403 g/mol. The molecule has 0 saturated carbocycles. The van der Waals surface area contributed by atoms with Crippen LogP contribution in [0, 0.1) is 0 Å². The summed E-state index contributed by atoms with van der Waals surface area (Å²) in [5.74, 6) is 1.06. The van der Waals surface area contributed by atoms with Crippen molar-refractivity contribution in [3.63, 3.8) is 0 Å². The van der Waals surface area contributed by atoms with Crippen LogP contribution in [0.15, 0.2) is 35.1 Å². The number of carbonyl (C=O) groups is 1. The molecule has 1 amide bonds. The average molecular weight is 404 g/mol. The summed E-state index contributed by atoms with van der Waals surface area (Å²) in [5, 5.41) is 14.7. The standard InChI is InChI=1S/C18H21N7O2.ClH/c26-16(21-11-14-10-15-12-20-8-9-25(15)23-14)2-1-3-17-22-18(24-27-17)13-4-6-19-7-5-13;/h4-7,10,20H,1-3,8-9,11-12H2,(H,21,26);1H. The van der Waals surface area contributed by atoms with E-state index in [2.05, 4.69) is 30.9 Å². The number of pyridine rings is 1. The number of aromatic nitrogens is 5. The van der Waals surface area contributed by atoms with Gasteiger partial charge in [0.15, 0.2) is 0 Å². The van der Waals surface area contributed by atoms with Crippen molar-refractivity contribution < 1.29 is 9.32 Å². The molecule has 0 atom stereocenters. The lowest BCUT2D eigenvalue weighted by atomic mass is 10.2. The number of halogens is 1. The largest absolute Gasteiger partial charge is 0.350 e. The van der Waals surface area contributed by atoms with E-state index >= 15 is 0 Å². The summed E-state index contributed by atoms with van der Waals surface area (Å²) in [6.45, 7) is 3.08. The number of aryl methyl sites for hydroxylation is 1. The molecule has 1 aliphatic rings. The fourth-order valence-electron chi connectivity index (χ4n) is 2.99. The molecule has 9 nitrogen and oxygen atoms in total. The van der Waals surface area contributed by atoms with Gasteiger partial charge in [-0.2, -0.15) is 10.1 Å². The molecule has 3 aromatic heterocycles. The maximum atomic E-state index is 12.0. The fourth-order valence-corrected chi connectivity index (χ4v) is 2.99. The van der Waals surface area contributed by atoms with Crippen LogP contribution in [-0.4, -0.2) is 37.4 Å². The van der Waals surface area contributed by atoms with Crippen molar-refractivity contribution in [3.05, 3.63) is 47.9 Å². The van der Waals surface area contributed by atoms with Crippen LogP contribution in [0.1, 0.15) is 30.1 Å². The van der Waals surface area contributed by atoms with E-state index in [9.17, 15) is 4.79 Å². The Labute approximate surface area is 168 Å². The second-order valence-electron chi connectivity index (χ2n) is 6.40. The van der Waals surface area contributed by atoms with E-state index in [-0.39, 0.29) is 18.3 Å². The first-order valence-corrected chi connectivity index (χ1v) is 9.04. The van der Waals surface area contributed by atoms with Gasteiger partial charge in [-0.15, -0.1) is 12.4 Å². The van der Waals surface area contributed by atoms with Crippen molar-refractivity contribution in [2.75, 3.05) is 6.54 Å². The summed E-state index contributed by atoms with van der Waals surface area (Å²) >= 11 is 0. The number of amides is 1. The normalized spacial score (nSPS) is 12.9. The highest BCUT2D eigenvalue weighted by Crippen LogP contribution is 2.15. The molecular formula is C18H22ClN7O2. The lowest BCUT2D eigenvalue weighted by Crippen LogP contribution is -2.28. The van der Waals surface area contributed by atoms with Gasteiger partial charge < -0.3 is 15.2 Å². The highest BCUT2D eigenvalue weighted by Gasteiger charge is 2.13. The molecule has 10 heteroatoms. The van der Waals surface area contributed by atoms with Gasteiger partial charge in [-0.05, 0) is 24.6 Å². The molecule has 0 radical (unpaired) electrons. The Morgan fingerprint density at radius 1 is 1.32 bits per heavy atom. The van der Waals surface area contributed by atoms with Crippen molar-refractivity contribution in [2.45, 2.75) is 38.9 Å². The number of nitrogens with zero attached hydrogens (tertiary/aromatic N) is 5. The van der Waals surface area contributed by atoms with Gasteiger partial charge in [-0.1, -0.05) is 5.16 Å². The molecule has 2 N–H and O–H groups in total. The number of fused-ring (bicyclic) bond motifs is 1. The molecule has 0 saturated heterocycles. The second kappa shape index (κ2) is 9.43. The zero-order valence-electron chi connectivity index (χ0n) is 15.3. The average Bonchev–Trinajstić information content (AvgIpc) is 3.34. The number of carbonyl (C=O) groups excluding carboxylic acids is 1. The molecule has 0 fully saturated rings. The SMILES string of the molecule is Cl.O=C(CCCc1nc(-c2ccncc2)no1)NCc1cc2n(n1)CCNC2. The van der Waals surface area contributed by atoms with Crippen LogP contribution in [0.25, 0.3) is 11.4 Å². The third-order valence-corrected chi connectivity index (χ3v) is 4.39. The van der Waals surface area contributed by atoms with Crippen molar-refractivity contribution in [1.82, 2.24) is 35.5 Å². The first-order valence-electron chi connectivity index (χ1n) is 9.04. The number of hydrogen-bond donors (Lipinski definition) is 2. The molecule has 0 spiro atoms. The Morgan fingerprint density at radius 2 is 2.18 bits per heavy atom. The molecule has 0 bridgehead atoms. The Morgan fingerprint density at radius 3 is 3.00 bits per heavy atom. The van der Waals surface area contributed by atoms with E-state index in [0.717, 1.165) is 36.6 Å². The topological polar surface area (TPSA) is 111 Å². The van der Waals surface area contributed by atoms with Gasteiger partial charge in [0.2, 0.25) is 17.6 Å². The van der Waals surface area contributed by atoms with Crippen LogP contribution in [0.4, 0.5) is 0 Å². The maximum absolute atomic E-state index is 12.0. The summed E-state index contributed by atoms with van der Waals surface area (Å²) in [4.78, 5) is 20.4. The van der Waals surface area contributed by atoms with Gasteiger partial charge in [0.25, 0.3) is 0 Å². The number of nitrogens with one attached hydrogen (secondary N) is 2. The van der Waals surface area contributed by atoms with E-state index in [1.54, 1.807) is 12.4 Å². The number of hydrogen-bond acceptors (Lipinski definition) is 7. The number of rotatable bonds is 7. The molecule has 3 aromatic rings. The predicted octanol–water partition coefficient (Wildman–Crippen LogP) is 1.49. The van der Waals surface area contributed by atoms with Crippen LogP contribution in [0.2, 0.25) is 0 Å². The first-order chi connectivity index (χ1) is 13.3. The smallest absolute Gasteiger partial charge is 0.226 e. The van der Waals surface area contributed by atoms with Gasteiger partial charge in [0.1, 0.15) is 0 Å². The van der Waals surface area contributed by atoms with Gasteiger partial charge in [-0.25, -0.2) is 0 Å². The molecule has 0 aliphatic carbocycles. The first kappa shape index (κ1) is 20.0. The molecule has 4 rings (SSSR count). The minimum Gasteiger partial charge on any atom is -0.350 e. The molecule has 28 heavy (non-hydrogen) atoms. The van der Waals surface area contributed by atoms with Gasteiger partial charge >= 0.3 is 0 Å². The lowest BCUT2D eigenvalue weighted by Gasteiger charge is -2.13. The fraction of sp³-hybridized carbons (Fsp3) is 0.389. The van der Waals surface area contributed by atoms with E-state index in [0.29, 0.717) is 37.5 Å². The summed E-state index contributed by atoms with van der Waals surface area (Å²) in [6, 6.07) is 5.68. The van der Waals surface area contributed by atoms with Crippen LogP contribution in [-0.2, 0) is 30.8 Å². The molecule has 1 aliphatic heterocycles. The van der Waals surface area contributed by atoms with E-state index < -0.39 is 0 Å². The Hall–Kier alpha value is -2.78. The maximum Gasteiger partial charge on any atom is 0.226 e. The summed E-state index contributed by atoms with van der Waals surface area (Å²) in [7, 11) is 0. The Balaban J connectivity index is 0.00000225. The zero-order valence-corrected chi connectivity index (χ0v) is 16.1. The molecule has 0 aromatic carbocycles. The molecule has 0 unspecified atom stereocenters. The highest BCUT2D eigenvalue weighted by atomic mass is 35.5. The van der Waals surface area contributed by atoms with Gasteiger partial charge in [-0.3, -0.25) is 14.5 Å². The minimum atomic E-state index is -0.00651. The summed E-state index contributed by atoms with van der Waals surface area (Å²) < 4.78 is 7.24. The lowest BCUT2D eigenvalue weighted by molar-refractivity contribution is -0.121. The van der Waals surface area contributed by atoms with E-state index in [4.69, 9.17) is 4.52 Å². The van der Waals surface area contributed by atoms with E-state index in [1.807, 2.05) is 22.9 Å². The highest BCUT2D eigenvalue weighted by molar-refractivity contribution is 5.85. The van der Waals surface area contributed by atoms with Crippen molar-refractivity contribution in [3.8, 4) is 11.4 Å². The van der Waals surface area contributed by atoms with Gasteiger partial charge in [0, 0.05) is 43.9 Å². The summed E-state index contributed by atoms with van der Waals surface area (Å²) in [5.41, 5.74) is 2.91. The predicted molar refractivity (Wildman–Crippen MR) is 103 cm³/mol. The van der Waals surface area contributed by atoms with Gasteiger partial charge in [0.05, 0.1) is 24.5 Å². The molecule has 4 heterocycles. The van der Waals surface area contributed by atoms with Crippen LogP contribution in [0.3, 0.4) is 0 Å². The minimum absolute atomic E-state index is 0. The molecular weight excluding hydrogens is 382 g/mol. The second-order valence-corrected chi connectivity index (χ2v) is 6.40. The van der Waals surface area contributed by atoms with Crippen molar-refractivity contribution >= 4 is 18.3 Å². The molecule has 148 valence electrons. The van der Waals surface area contributed by atoms with Crippen LogP contribution in [0.5, 0.6) is 0 Å².